The maximum absolute atomic E-state index is 6.70. The van der Waals surface area contributed by atoms with Crippen molar-refractivity contribution in [1.29, 1.82) is 0 Å². The van der Waals surface area contributed by atoms with Crippen molar-refractivity contribution in [2.45, 2.75) is 84.0 Å². The number of rotatable bonds is 6. The summed E-state index contributed by atoms with van der Waals surface area (Å²) >= 11 is 0. The molecule has 0 unspecified atom stereocenters. The first-order valence-electron chi connectivity index (χ1n) is 19.5. The standard InChI is InChI=1S/C50H51N5O/c1-47(2,3)34-19-23-38(24-20-34)55-44-25-21-35(48(4,5)6)31-42(44)50(46-18-10-11-27-51-46,43-32-36(49(7,8)9)22-26-45(43)55)37-14-12-16-40(30-37)56-41-17-13-15-39(33-41)54-29-28-52-53-54/h10-33H,1-9H3. The van der Waals surface area contributed by atoms with Gasteiger partial charge in [0.25, 0.3) is 0 Å². The average Bonchev–Trinajstić information content (AvgIpc) is 3.72. The summed E-state index contributed by atoms with van der Waals surface area (Å²) in [4.78, 5) is 7.70. The number of aromatic nitrogens is 4. The number of hydrogen-bond acceptors (Lipinski definition) is 5. The lowest BCUT2D eigenvalue weighted by Gasteiger charge is -2.47. The van der Waals surface area contributed by atoms with E-state index in [-0.39, 0.29) is 16.2 Å². The molecule has 0 radical (unpaired) electrons. The highest BCUT2D eigenvalue weighted by Crippen LogP contribution is 2.59. The molecule has 56 heavy (non-hydrogen) atoms. The SMILES string of the molecule is CC(C)(C)c1ccc(N2c3ccc(C(C)(C)C)cc3C(c3cccc(Oc4cccc(-n5ccnn5)c4)c3)(c3ccccn3)c3cc(C(C)(C)C)ccc32)cc1. The Labute approximate surface area is 331 Å². The molecule has 0 amide bonds. The van der Waals surface area contributed by atoms with Crippen molar-refractivity contribution in [3.8, 4) is 17.2 Å². The second-order valence-electron chi connectivity index (χ2n) is 18.0. The van der Waals surface area contributed by atoms with Gasteiger partial charge in [-0.2, -0.15) is 0 Å². The van der Waals surface area contributed by atoms with Gasteiger partial charge in [-0.3, -0.25) is 4.98 Å². The summed E-state index contributed by atoms with van der Waals surface area (Å²) < 4.78 is 8.43. The molecule has 282 valence electrons. The van der Waals surface area contributed by atoms with Crippen LogP contribution in [0.5, 0.6) is 11.5 Å². The fourth-order valence-corrected chi connectivity index (χ4v) is 7.94. The molecular formula is C50H51N5O. The Balaban J connectivity index is 1.43. The van der Waals surface area contributed by atoms with E-state index in [1.165, 1.54) is 27.8 Å². The van der Waals surface area contributed by atoms with Crippen molar-refractivity contribution in [2.75, 3.05) is 4.90 Å². The van der Waals surface area contributed by atoms with Gasteiger partial charge in [0.05, 0.1) is 40.6 Å². The largest absolute Gasteiger partial charge is 0.457 e. The van der Waals surface area contributed by atoms with E-state index in [1.807, 2.05) is 48.8 Å². The highest BCUT2D eigenvalue weighted by atomic mass is 16.5. The Morgan fingerprint density at radius 1 is 0.518 bits per heavy atom. The van der Waals surface area contributed by atoms with E-state index in [9.17, 15) is 0 Å². The molecule has 1 aliphatic heterocycles. The molecule has 7 aromatic rings. The minimum absolute atomic E-state index is 0.0401. The van der Waals surface area contributed by atoms with E-state index in [2.05, 4.69) is 169 Å². The first-order chi connectivity index (χ1) is 26.6. The minimum Gasteiger partial charge on any atom is -0.457 e. The summed E-state index contributed by atoms with van der Waals surface area (Å²) in [5, 5.41) is 8.18. The van der Waals surface area contributed by atoms with Gasteiger partial charge in [0.15, 0.2) is 0 Å². The third-order valence-electron chi connectivity index (χ3n) is 11.1. The second kappa shape index (κ2) is 13.6. The van der Waals surface area contributed by atoms with Crippen LogP contribution in [0.4, 0.5) is 17.1 Å². The Morgan fingerprint density at radius 2 is 1.11 bits per heavy atom. The van der Waals surface area contributed by atoms with E-state index in [0.29, 0.717) is 5.75 Å². The molecule has 0 bridgehead atoms. The fourth-order valence-electron chi connectivity index (χ4n) is 7.94. The third kappa shape index (κ3) is 6.57. The van der Waals surface area contributed by atoms with Gasteiger partial charge in [-0.05, 0) is 110 Å². The molecule has 0 aliphatic carbocycles. The monoisotopic (exact) mass is 737 g/mol. The van der Waals surface area contributed by atoms with Gasteiger partial charge in [-0.1, -0.05) is 128 Å². The van der Waals surface area contributed by atoms with Gasteiger partial charge in [0, 0.05) is 18.0 Å². The van der Waals surface area contributed by atoms with Gasteiger partial charge in [-0.25, -0.2) is 4.68 Å². The molecule has 2 aromatic heterocycles. The van der Waals surface area contributed by atoms with Crippen molar-refractivity contribution >= 4 is 17.1 Å². The third-order valence-corrected chi connectivity index (χ3v) is 11.1. The Morgan fingerprint density at radius 3 is 1.66 bits per heavy atom. The lowest BCUT2D eigenvalue weighted by atomic mass is 9.62. The summed E-state index contributed by atoms with van der Waals surface area (Å²) in [6, 6.07) is 46.0. The zero-order valence-electron chi connectivity index (χ0n) is 34.0. The van der Waals surface area contributed by atoms with Crippen LogP contribution in [0.1, 0.15) is 101 Å². The smallest absolute Gasteiger partial charge is 0.129 e. The molecule has 6 nitrogen and oxygen atoms in total. The first kappa shape index (κ1) is 36.9. The van der Waals surface area contributed by atoms with Gasteiger partial charge >= 0.3 is 0 Å². The van der Waals surface area contributed by atoms with Crippen molar-refractivity contribution in [3.05, 3.63) is 185 Å². The molecule has 0 N–H and O–H groups in total. The van der Waals surface area contributed by atoms with Crippen LogP contribution in [-0.2, 0) is 21.7 Å². The van der Waals surface area contributed by atoms with Gasteiger partial charge in [-0.15, -0.1) is 5.10 Å². The van der Waals surface area contributed by atoms with E-state index < -0.39 is 5.41 Å². The van der Waals surface area contributed by atoms with Crippen LogP contribution in [0.2, 0.25) is 0 Å². The molecule has 0 saturated carbocycles. The van der Waals surface area contributed by atoms with Crippen LogP contribution in [0.3, 0.4) is 0 Å². The normalized spacial score (nSPS) is 13.9. The van der Waals surface area contributed by atoms with Crippen molar-refractivity contribution < 1.29 is 4.74 Å². The zero-order chi connectivity index (χ0) is 39.5. The Hall–Kier alpha value is -6.01. The van der Waals surface area contributed by atoms with Crippen LogP contribution < -0.4 is 9.64 Å². The molecule has 0 spiro atoms. The van der Waals surface area contributed by atoms with E-state index >= 15 is 0 Å². The average molecular weight is 738 g/mol. The van der Waals surface area contributed by atoms with Crippen LogP contribution in [0.15, 0.2) is 146 Å². The molecule has 0 fully saturated rings. The molecule has 0 saturated heterocycles. The van der Waals surface area contributed by atoms with Crippen LogP contribution in [0.25, 0.3) is 5.69 Å². The van der Waals surface area contributed by atoms with Crippen molar-refractivity contribution in [2.24, 2.45) is 0 Å². The molecule has 5 aromatic carbocycles. The lowest BCUT2D eigenvalue weighted by molar-refractivity contribution is 0.480. The number of anilines is 3. The van der Waals surface area contributed by atoms with Crippen molar-refractivity contribution in [1.82, 2.24) is 20.0 Å². The van der Waals surface area contributed by atoms with Gasteiger partial charge < -0.3 is 9.64 Å². The van der Waals surface area contributed by atoms with E-state index in [4.69, 9.17) is 9.72 Å². The molecule has 3 heterocycles. The van der Waals surface area contributed by atoms with Gasteiger partial charge in [0.2, 0.25) is 0 Å². The molecule has 1 aliphatic rings. The summed E-state index contributed by atoms with van der Waals surface area (Å²) in [6.07, 6.45) is 5.42. The number of fused-ring (bicyclic) bond motifs is 2. The molecule has 0 atom stereocenters. The summed E-state index contributed by atoms with van der Waals surface area (Å²) in [6.45, 7) is 20.5. The zero-order valence-corrected chi connectivity index (χ0v) is 34.0. The summed E-state index contributed by atoms with van der Waals surface area (Å²) in [7, 11) is 0. The van der Waals surface area contributed by atoms with Crippen LogP contribution >= 0.6 is 0 Å². The van der Waals surface area contributed by atoms with E-state index in [0.717, 1.165) is 39.8 Å². The predicted molar refractivity (Wildman–Crippen MR) is 228 cm³/mol. The van der Waals surface area contributed by atoms with E-state index in [1.54, 1.807) is 10.9 Å². The number of ether oxygens (including phenoxy) is 1. The Bertz CT molecular complexity index is 2430. The lowest BCUT2D eigenvalue weighted by Crippen LogP contribution is -2.39. The molecule has 6 heteroatoms. The molecule has 8 rings (SSSR count). The summed E-state index contributed by atoms with van der Waals surface area (Å²) in [5.41, 5.74) is 11.5. The number of pyridine rings is 1. The number of benzene rings is 5. The van der Waals surface area contributed by atoms with Gasteiger partial charge in [0.1, 0.15) is 11.5 Å². The highest BCUT2D eigenvalue weighted by Gasteiger charge is 2.48. The topological polar surface area (TPSA) is 56.1 Å². The fraction of sp³-hybridized carbons (Fsp3) is 0.260. The Kier molecular flexibility index (Phi) is 8.99. The predicted octanol–water partition coefficient (Wildman–Crippen LogP) is 12.5. The maximum atomic E-state index is 6.70. The minimum atomic E-state index is -0.807. The highest BCUT2D eigenvalue weighted by molar-refractivity contribution is 5.89. The van der Waals surface area contributed by atoms with Crippen molar-refractivity contribution in [3.63, 3.8) is 0 Å². The van der Waals surface area contributed by atoms with Crippen LogP contribution in [-0.4, -0.2) is 20.0 Å². The first-order valence-corrected chi connectivity index (χ1v) is 19.5. The number of nitrogens with zero attached hydrogens (tertiary/aromatic N) is 5. The quantitative estimate of drug-likeness (QED) is 0.170. The second-order valence-corrected chi connectivity index (χ2v) is 18.0. The summed E-state index contributed by atoms with van der Waals surface area (Å²) in [5.74, 6) is 1.44. The number of hydrogen-bond donors (Lipinski definition) is 0. The van der Waals surface area contributed by atoms with Crippen LogP contribution in [0, 0.1) is 0 Å². The molecular weight excluding hydrogens is 687 g/mol. The maximum Gasteiger partial charge on any atom is 0.129 e.